The first-order valence-corrected chi connectivity index (χ1v) is 14.0. The number of carbonyl (C=O) groups is 2. The lowest BCUT2D eigenvalue weighted by Crippen LogP contribution is -2.46. The molecule has 0 radical (unpaired) electrons. The van der Waals surface area contributed by atoms with Crippen LogP contribution in [-0.2, 0) is 28.3 Å². The summed E-state index contributed by atoms with van der Waals surface area (Å²) in [5.74, 6) is -0.772. The van der Waals surface area contributed by atoms with Crippen LogP contribution in [0.3, 0.4) is 0 Å². The fourth-order valence-electron chi connectivity index (χ4n) is 5.01. The number of methoxy groups -OCH3 is 1. The highest BCUT2D eigenvalue weighted by Crippen LogP contribution is 2.41. The smallest absolute Gasteiger partial charge is 0.416 e. The van der Waals surface area contributed by atoms with Crippen molar-refractivity contribution in [2.75, 3.05) is 35.9 Å². The quantitative estimate of drug-likeness (QED) is 0.246. The van der Waals surface area contributed by atoms with E-state index in [0.29, 0.717) is 29.9 Å². The van der Waals surface area contributed by atoms with Gasteiger partial charge in [-0.15, -0.1) is 0 Å². The molecule has 248 valence electrons. The molecule has 4 rings (SSSR count). The first kappa shape index (κ1) is 34.2. The molecule has 0 bridgehead atoms. The summed E-state index contributed by atoms with van der Waals surface area (Å²) in [5.41, 5.74) is -2.90. The third-order valence-corrected chi connectivity index (χ3v) is 7.09. The molecule has 0 saturated carbocycles. The standard InChI is InChI=1S/C29H30F6N6O5/c1-4-18-12-20(25-22(6-7-24(40-25)45-3)41(18)27(44)46-5-2)39-26-36-13-21(37-23(43)14-42)19(38-26)10-15-8-16(28(30,31)32)11-17(9-15)29(33,34)35/h6-9,11,13,18,20,42H,4-5,10,12,14H2,1-3H3,(H,37,43)(H,36,38,39)/t18-,20+/m1/s1. The molecule has 1 aromatic carbocycles. The van der Waals surface area contributed by atoms with Gasteiger partial charge in [-0.1, -0.05) is 6.92 Å². The van der Waals surface area contributed by atoms with E-state index in [9.17, 15) is 41.0 Å². The van der Waals surface area contributed by atoms with E-state index in [-0.39, 0.29) is 48.3 Å². The minimum absolute atomic E-state index is 0.0104. The topological polar surface area (TPSA) is 139 Å². The number of hydrogen-bond acceptors (Lipinski definition) is 9. The minimum Gasteiger partial charge on any atom is -0.481 e. The van der Waals surface area contributed by atoms with Crippen molar-refractivity contribution < 1.29 is 50.5 Å². The Hall–Kier alpha value is -4.67. The zero-order valence-corrected chi connectivity index (χ0v) is 24.8. The second-order valence-corrected chi connectivity index (χ2v) is 10.2. The Labute approximate surface area is 259 Å². The molecule has 0 spiro atoms. The number of anilines is 3. The predicted octanol–water partition coefficient (Wildman–Crippen LogP) is 5.74. The molecule has 2 aromatic heterocycles. The van der Waals surface area contributed by atoms with E-state index < -0.39 is 60.1 Å². The Morgan fingerprint density at radius 3 is 2.28 bits per heavy atom. The van der Waals surface area contributed by atoms with Gasteiger partial charge in [-0.2, -0.15) is 26.3 Å². The molecule has 3 aromatic rings. The molecule has 3 N–H and O–H groups in total. The maximum absolute atomic E-state index is 13.5. The Balaban J connectivity index is 1.77. The summed E-state index contributed by atoms with van der Waals surface area (Å²) in [6.07, 6.45) is -9.39. The molecule has 1 aliphatic rings. The summed E-state index contributed by atoms with van der Waals surface area (Å²) in [6, 6.07) is 3.33. The number of nitrogens with zero attached hydrogens (tertiary/aromatic N) is 4. The Kier molecular flexibility index (Phi) is 10.2. The van der Waals surface area contributed by atoms with Crippen LogP contribution >= 0.6 is 0 Å². The van der Waals surface area contributed by atoms with Crippen molar-refractivity contribution in [3.8, 4) is 5.88 Å². The molecular weight excluding hydrogens is 626 g/mol. The van der Waals surface area contributed by atoms with E-state index in [1.807, 2.05) is 6.92 Å². The zero-order chi connectivity index (χ0) is 33.8. The molecule has 1 aliphatic heterocycles. The van der Waals surface area contributed by atoms with Crippen LogP contribution in [0.2, 0.25) is 0 Å². The summed E-state index contributed by atoms with van der Waals surface area (Å²) in [5, 5.41) is 14.6. The van der Waals surface area contributed by atoms with Crippen LogP contribution in [0.25, 0.3) is 0 Å². The number of aliphatic hydroxyl groups excluding tert-OH is 1. The summed E-state index contributed by atoms with van der Waals surface area (Å²) < 4.78 is 91.6. The van der Waals surface area contributed by atoms with Crippen LogP contribution in [0.4, 0.5) is 48.5 Å². The van der Waals surface area contributed by atoms with Gasteiger partial charge in [0.1, 0.15) is 6.61 Å². The van der Waals surface area contributed by atoms with Gasteiger partial charge in [0.2, 0.25) is 17.7 Å². The first-order chi connectivity index (χ1) is 21.7. The highest BCUT2D eigenvalue weighted by Gasteiger charge is 2.39. The second kappa shape index (κ2) is 13.8. The highest BCUT2D eigenvalue weighted by atomic mass is 19.4. The lowest BCUT2D eigenvalue weighted by molar-refractivity contribution is -0.143. The average molecular weight is 657 g/mol. The number of aliphatic hydroxyl groups is 1. The van der Waals surface area contributed by atoms with Gasteiger partial charge in [0.25, 0.3) is 0 Å². The van der Waals surface area contributed by atoms with Crippen LogP contribution < -0.4 is 20.3 Å². The van der Waals surface area contributed by atoms with Crippen LogP contribution in [-0.4, -0.2) is 58.4 Å². The third-order valence-electron chi connectivity index (χ3n) is 7.09. The summed E-state index contributed by atoms with van der Waals surface area (Å²) in [7, 11) is 1.41. The number of aromatic nitrogens is 3. The van der Waals surface area contributed by atoms with Crippen LogP contribution in [0, 0.1) is 0 Å². The number of nitrogens with one attached hydrogen (secondary N) is 2. The van der Waals surface area contributed by atoms with Crippen LogP contribution in [0.1, 0.15) is 60.8 Å². The van der Waals surface area contributed by atoms with Gasteiger partial charge in [-0.25, -0.2) is 19.7 Å². The third kappa shape index (κ3) is 7.75. The Bertz CT molecular complexity index is 1550. The fraction of sp³-hybridized carbons (Fsp3) is 0.414. The van der Waals surface area contributed by atoms with Crippen LogP contribution in [0.5, 0.6) is 5.88 Å². The number of rotatable bonds is 9. The molecule has 0 saturated heterocycles. The van der Waals surface area contributed by atoms with E-state index >= 15 is 0 Å². The maximum Gasteiger partial charge on any atom is 0.416 e. The fourth-order valence-corrected chi connectivity index (χ4v) is 5.01. The van der Waals surface area contributed by atoms with E-state index in [1.54, 1.807) is 19.1 Å². The SMILES string of the molecule is CCOC(=O)N1c2ccc(OC)nc2[C@@H](Nc2ncc(NC(=O)CO)c(Cc3cc(C(F)(F)F)cc(C(F)(F)F)c3)n2)C[C@H]1CC. The molecule has 0 fully saturated rings. The normalized spacial score (nSPS) is 16.4. The molecule has 11 nitrogen and oxygen atoms in total. The minimum atomic E-state index is -5.07. The molecule has 0 aliphatic carbocycles. The van der Waals surface area contributed by atoms with Crippen molar-refractivity contribution in [1.82, 2.24) is 15.0 Å². The average Bonchev–Trinajstić information content (AvgIpc) is 3.00. The van der Waals surface area contributed by atoms with Crippen molar-refractivity contribution in [2.24, 2.45) is 0 Å². The maximum atomic E-state index is 13.5. The van der Waals surface area contributed by atoms with Crippen LogP contribution in [0.15, 0.2) is 36.5 Å². The van der Waals surface area contributed by atoms with Gasteiger partial charge < -0.3 is 25.2 Å². The predicted molar refractivity (Wildman–Crippen MR) is 152 cm³/mol. The monoisotopic (exact) mass is 656 g/mol. The summed E-state index contributed by atoms with van der Waals surface area (Å²) >= 11 is 0. The second-order valence-electron chi connectivity index (χ2n) is 10.2. The molecule has 46 heavy (non-hydrogen) atoms. The summed E-state index contributed by atoms with van der Waals surface area (Å²) in [4.78, 5) is 39.4. The number of ether oxygens (including phenoxy) is 2. The Morgan fingerprint density at radius 2 is 1.72 bits per heavy atom. The van der Waals surface area contributed by atoms with Crippen molar-refractivity contribution in [3.05, 3.63) is 64.6 Å². The zero-order valence-electron chi connectivity index (χ0n) is 24.8. The molecule has 2 atom stereocenters. The number of fused-ring (bicyclic) bond motifs is 1. The van der Waals surface area contributed by atoms with Gasteiger partial charge in [-0.3, -0.25) is 9.69 Å². The van der Waals surface area contributed by atoms with Gasteiger partial charge >= 0.3 is 18.4 Å². The van der Waals surface area contributed by atoms with Gasteiger partial charge in [0.05, 0.1) is 59.8 Å². The van der Waals surface area contributed by atoms with Crippen molar-refractivity contribution in [2.45, 2.75) is 57.5 Å². The summed E-state index contributed by atoms with van der Waals surface area (Å²) in [6.45, 7) is 2.72. The molecule has 0 unspecified atom stereocenters. The van der Waals surface area contributed by atoms with Crippen molar-refractivity contribution in [1.29, 1.82) is 0 Å². The number of benzene rings is 1. The number of amides is 2. The number of pyridine rings is 1. The number of hydrogen-bond donors (Lipinski definition) is 3. The first-order valence-electron chi connectivity index (χ1n) is 14.0. The van der Waals surface area contributed by atoms with Gasteiger partial charge in [0, 0.05) is 18.5 Å². The number of carbonyl (C=O) groups excluding carboxylic acids is 2. The van der Waals surface area contributed by atoms with E-state index in [0.717, 1.165) is 6.20 Å². The molecule has 17 heteroatoms. The molecule has 3 heterocycles. The largest absolute Gasteiger partial charge is 0.481 e. The van der Waals surface area contributed by atoms with E-state index in [2.05, 4.69) is 25.6 Å². The lowest BCUT2D eigenvalue weighted by Gasteiger charge is -2.39. The number of halogens is 6. The van der Waals surface area contributed by atoms with E-state index in [1.165, 1.54) is 12.0 Å². The van der Waals surface area contributed by atoms with Crippen molar-refractivity contribution >= 4 is 29.3 Å². The number of alkyl halides is 6. The van der Waals surface area contributed by atoms with Gasteiger partial charge in [-0.05, 0) is 49.6 Å². The molecule has 2 amide bonds. The lowest BCUT2D eigenvalue weighted by atomic mass is 9.93. The van der Waals surface area contributed by atoms with Crippen molar-refractivity contribution in [3.63, 3.8) is 0 Å². The van der Waals surface area contributed by atoms with E-state index in [4.69, 9.17) is 9.47 Å². The Morgan fingerprint density at radius 1 is 1.04 bits per heavy atom. The molecular formula is C29H30F6N6O5. The highest BCUT2D eigenvalue weighted by molar-refractivity contribution is 5.92. The van der Waals surface area contributed by atoms with Gasteiger partial charge in [0.15, 0.2) is 0 Å².